The smallest absolute Gasteiger partial charge is 0.406 e. The first-order chi connectivity index (χ1) is 11.1. The van der Waals surface area contributed by atoms with Gasteiger partial charge in [0.2, 0.25) is 11.8 Å². The van der Waals surface area contributed by atoms with Gasteiger partial charge in [-0.1, -0.05) is 19.1 Å². The molecule has 1 aromatic rings. The van der Waals surface area contributed by atoms with E-state index in [1.165, 1.54) is 19.1 Å². The summed E-state index contributed by atoms with van der Waals surface area (Å²) >= 11 is 0. The number of rotatable bonds is 2. The maximum Gasteiger partial charge on any atom is 0.573 e. The van der Waals surface area contributed by atoms with E-state index in [0.717, 1.165) is 12.1 Å². The molecule has 0 radical (unpaired) electrons. The van der Waals surface area contributed by atoms with E-state index >= 15 is 0 Å². The molecule has 24 heavy (non-hydrogen) atoms. The molecule has 2 rings (SSSR count). The predicted molar refractivity (Wildman–Crippen MR) is 71.8 cm³/mol. The summed E-state index contributed by atoms with van der Waals surface area (Å²) in [5.41, 5.74) is -1.29. The number of hydrogen-bond donors (Lipinski definition) is 1. The van der Waals surface area contributed by atoms with Crippen LogP contribution in [0.1, 0.15) is 12.5 Å². The van der Waals surface area contributed by atoms with Gasteiger partial charge in [-0.2, -0.15) is 10.5 Å². The van der Waals surface area contributed by atoms with Gasteiger partial charge in [-0.15, -0.1) is 13.2 Å². The van der Waals surface area contributed by atoms with Crippen LogP contribution in [-0.2, 0) is 15.0 Å². The monoisotopic (exact) mass is 337 g/mol. The Kier molecular flexibility index (Phi) is 4.22. The number of imide groups is 1. The average molecular weight is 337 g/mol. The van der Waals surface area contributed by atoms with Gasteiger partial charge in [0.15, 0.2) is 0 Å². The molecule has 0 bridgehead atoms. The Hall–Kier alpha value is -3.07. The molecule has 1 aliphatic heterocycles. The summed E-state index contributed by atoms with van der Waals surface area (Å²) in [6.45, 7) is 1.38. The number of alkyl halides is 3. The van der Waals surface area contributed by atoms with Crippen LogP contribution >= 0.6 is 0 Å². The Balaban J connectivity index is 2.49. The SMILES string of the molecule is CC1(c2ccc(OC(F)(F)F)cc2)C(C#N)C(=O)NC(=O)C1C#N. The topological polar surface area (TPSA) is 103 Å². The van der Waals surface area contributed by atoms with Crippen LogP contribution in [0.5, 0.6) is 5.75 Å². The molecule has 1 saturated heterocycles. The molecular formula is C15H10F3N3O3. The largest absolute Gasteiger partial charge is 0.573 e. The number of piperidine rings is 1. The van der Waals surface area contributed by atoms with Gasteiger partial charge in [-0.3, -0.25) is 14.9 Å². The highest BCUT2D eigenvalue weighted by Gasteiger charge is 2.54. The van der Waals surface area contributed by atoms with E-state index in [1.54, 1.807) is 12.1 Å². The minimum atomic E-state index is -4.86. The second-order valence-electron chi connectivity index (χ2n) is 5.33. The number of hydrogen-bond acceptors (Lipinski definition) is 5. The van der Waals surface area contributed by atoms with E-state index in [0.29, 0.717) is 0 Å². The number of carbonyl (C=O) groups is 2. The summed E-state index contributed by atoms with van der Waals surface area (Å²) in [5, 5.41) is 20.5. The number of nitrogens with zero attached hydrogens (tertiary/aromatic N) is 2. The average Bonchev–Trinajstić information content (AvgIpc) is 2.46. The summed E-state index contributed by atoms with van der Waals surface area (Å²) in [5.74, 6) is -4.91. The molecule has 124 valence electrons. The van der Waals surface area contributed by atoms with Gasteiger partial charge in [0, 0.05) is 5.41 Å². The molecule has 1 aliphatic rings. The Morgan fingerprint density at radius 1 is 1.08 bits per heavy atom. The van der Waals surface area contributed by atoms with Crippen LogP contribution < -0.4 is 10.1 Å². The lowest BCUT2D eigenvalue weighted by Crippen LogP contribution is -2.58. The maximum atomic E-state index is 12.2. The number of halogens is 3. The molecule has 1 aromatic carbocycles. The highest BCUT2D eigenvalue weighted by atomic mass is 19.4. The molecule has 1 fully saturated rings. The zero-order chi connectivity index (χ0) is 18.1. The number of ether oxygens (including phenoxy) is 1. The van der Waals surface area contributed by atoms with E-state index in [-0.39, 0.29) is 5.56 Å². The van der Waals surface area contributed by atoms with Crippen LogP contribution in [0.15, 0.2) is 24.3 Å². The molecule has 1 N–H and O–H groups in total. The Labute approximate surface area is 134 Å². The van der Waals surface area contributed by atoms with Gasteiger partial charge in [-0.25, -0.2) is 0 Å². The Morgan fingerprint density at radius 2 is 1.54 bits per heavy atom. The van der Waals surface area contributed by atoms with Crippen LogP contribution in [0.25, 0.3) is 0 Å². The highest BCUT2D eigenvalue weighted by Crippen LogP contribution is 2.42. The van der Waals surface area contributed by atoms with E-state index in [1.807, 2.05) is 5.32 Å². The van der Waals surface area contributed by atoms with Crippen LogP contribution in [0, 0.1) is 34.5 Å². The van der Waals surface area contributed by atoms with Gasteiger partial charge < -0.3 is 4.74 Å². The summed E-state index contributed by atoms with van der Waals surface area (Å²) in [6, 6.07) is 7.89. The van der Waals surface area contributed by atoms with Crippen molar-refractivity contribution in [3.05, 3.63) is 29.8 Å². The third-order valence-electron chi connectivity index (χ3n) is 3.94. The predicted octanol–water partition coefficient (Wildman–Crippen LogP) is 1.78. The van der Waals surface area contributed by atoms with Crippen molar-refractivity contribution in [3.8, 4) is 17.9 Å². The van der Waals surface area contributed by atoms with Gasteiger partial charge in [-0.05, 0) is 17.7 Å². The lowest BCUT2D eigenvalue weighted by atomic mass is 9.62. The molecule has 9 heteroatoms. The summed E-state index contributed by atoms with van der Waals surface area (Å²) in [7, 11) is 0. The number of benzene rings is 1. The van der Waals surface area contributed by atoms with Crippen molar-refractivity contribution in [2.75, 3.05) is 0 Å². The van der Waals surface area contributed by atoms with E-state index in [2.05, 4.69) is 4.74 Å². The number of nitrogens with one attached hydrogen (secondary N) is 1. The zero-order valence-electron chi connectivity index (χ0n) is 12.2. The molecule has 2 unspecified atom stereocenters. The third kappa shape index (κ3) is 2.88. The normalized spacial score (nSPS) is 26.9. The minimum absolute atomic E-state index is 0.207. The number of amides is 2. The fraction of sp³-hybridized carbons (Fsp3) is 0.333. The van der Waals surface area contributed by atoms with Crippen molar-refractivity contribution in [2.24, 2.45) is 11.8 Å². The quantitative estimate of drug-likeness (QED) is 0.829. The van der Waals surface area contributed by atoms with E-state index < -0.39 is 41.2 Å². The maximum absolute atomic E-state index is 12.2. The molecule has 0 aliphatic carbocycles. The van der Waals surface area contributed by atoms with Crippen LogP contribution in [-0.4, -0.2) is 18.2 Å². The molecule has 6 nitrogen and oxygen atoms in total. The van der Waals surface area contributed by atoms with Gasteiger partial charge in [0.1, 0.15) is 17.6 Å². The molecule has 1 heterocycles. The third-order valence-corrected chi connectivity index (χ3v) is 3.94. The fourth-order valence-corrected chi connectivity index (χ4v) is 2.71. The van der Waals surface area contributed by atoms with Crippen molar-refractivity contribution < 1.29 is 27.5 Å². The van der Waals surface area contributed by atoms with Crippen LogP contribution in [0.3, 0.4) is 0 Å². The summed E-state index contributed by atoms with van der Waals surface area (Å²) in [4.78, 5) is 23.8. The summed E-state index contributed by atoms with van der Waals surface area (Å²) < 4.78 is 40.4. The second kappa shape index (κ2) is 5.85. The van der Waals surface area contributed by atoms with Crippen LogP contribution in [0.2, 0.25) is 0 Å². The number of carbonyl (C=O) groups excluding carboxylic acids is 2. The molecule has 2 amide bonds. The van der Waals surface area contributed by atoms with Crippen molar-refractivity contribution >= 4 is 11.8 Å². The van der Waals surface area contributed by atoms with Gasteiger partial charge >= 0.3 is 6.36 Å². The van der Waals surface area contributed by atoms with Crippen molar-refractivity contribution in [1.29, 1.82) is 10.5 Å². The zero-order valence-corrected chi connectivity index (χ0v) is 12.2. The molecule has 0 saturated carbocycles. The molecular weight excluding hydrogens is 327 g/mol. The first-order valence-corrected chi connectivity index (χ1v) is 6.63. The highest BCUT2D eigenvalue weighted by molar-refractivity contribution is 6.04. The second-order valence-corrected chi connectivity index (χ2v) is 5.33. The first kappa shape index (κ1) is 17.3. The minimum Gasteiger partial charge on any atom is -0.406 e. The fourth-order valence-electron chi connectivity index (χ4n) is 2.71. The molecule has 2 atom stereocenters. The van der Waals surface area contributed by atoms with E-state index in [4.69, 9.17) is 0 Å². The standard InChI is InChI=1S/C15H10F3N3O3/c1-14(8-2-4-9(5-3-8)24-15(16,17)18)10(6-19)12(22)21-13(23)11(14)7-20/h2-5,10-11H,1H3,(H,21,22,23). The first-order valence-electron chi connectivity index (χ1n) is 6.63. The van der Waals surface area contributed by atoms with Crippen molar-refractivity contribution in [3.63, 3.8) is 0 Å². The lowest BCUT2D eigenvalue weighted by molar-refractivity contribution is -0.274. The van der Waals surface area contributed by atoms with Gasteiger partial charge in [0.25, 0.3) is 0 Å². The van der Waals surface area contributed by atoms with Crippen molar-refractivity contribution in [1.82, 2.24) is 5.32 Å². The van der Waals surface area contributed by atoms with Crippen LogP contribution in [0.4, 0.5) is 13.2 Å². The Morgan fingerprint density at radius 3 is 1.92 bits per heavy atom. The number of nitriles is 2. The molecule has 0 spiro atoms. The molecule has 0 aromatic heterocycles. The van der Waals surface area contributed by atoms with Crippen molar-refractivity contribution in [2.45, 2.75) is 18.7 Å². The van der Waals surface area contributed by atoms with E-state index in [9.17, 15) is 33.3 Å². The lowest BCUT2D eigenvalue weighted by Gasteiger charge is -2.40. The van der Waals surface area contributed by atoms with Gasteiger partial charge in [0.05, 0.1) is 12.1 Å². The Bertz CT molecular complexity index is 727. The summed E-state index contributed by atoms with van der Waals surface area (Å²) in [6.07, 6.45) is -4.86.